The molecule has 2 aromatic heterocycles. The number of hydrogen-bond acceptors (Lipinski definition) is 4. The van der Waals surface area contributed by atoms with Crippen LogP contribution >= 0.6 is 22.7 Å². The predicted octanol–water partition coefficient (Wildman–Crippen LogP) is 10.1. The van der Waals surface area contributed by atoms with E-state index in [1.807, 2.05) is 22.7 Å². The molecule has 3 aromatic carbocycles. The number of fused-ring (bicyclic) bond motifs is 7. The van der Waals surface area contributed by atoms with Crippen molar-refractivity contribution in [3.8, 4) is 10.4 Å². The van der Waals surface area contributed by atoms with Crippen molar-refractivity contribution in [2.75, 3.05) is 0 Å². The molecule has 0 amide bonds. The molecule has 2 nitrogen and oxygen atoms in total. The first kappa shape index (κ1) is 22.1. The number of nitrogens with zero attached hydrogens (tertiary/aromatic N) is 2. The van der Waals surface area contributed by atoms with Crippen LogP contribution in [0.4, 0.5) is 5.69 Å². The van der Waals surface area contributed by atoms with Gasteiger partial charge < -0.3 is 0 Å². The Labute approximate surface area is 219 Å². The summed E-state index contributed by atoms with van der Waals surface area (Å²) in [6, 6.07) is 18.5. The van der Waals surface area contributed by atoms with Crippen LogP contribution in [0.1, 0.15) is 45.2 Å². The molecule has 0 unspecified atom stereocenters. The Balaban J connectivity index is 1.30. The van der Waals surface area contributed by atoms with Crippen LogP contribution in [-0.4, -0.2) is 11.4 Å². The fourth-order valence-corrected chi connectivity index (χ4v) is 7.52. The lowest BCUT2D eigenvalue weighted by Crippen LogP contribution is -2.06. The summed E-state index contributed by atoms with van der Waals surface area (Å²) >= 11 is 3.73. The molecule has 178 valence electrons. The van der Waals surface area contributed by atoms with Gasteiger partial charge in [-0.3, -0.25) is 9.98 Å². The minimum absolute atomic E-state index is 0.479. The van der Waals surface area contributed by atoms with Gasteiger partial charge in [0.1, 0.15) is 0 Å². The molecule has 0 saturated carbocycles. The van der Waals surface area contributed by atoms with Gasteiger partial charge in [-0.25, -0.2) is 0 Å². The van der Waals surface area contributed by atoms with Crippen molar-refractivity contribution in [3.05, 3.63) is 71.2 Å². The molecule has 0 spiro atoms. The van der Waals surface area contributed by atoms with Gasteiger partial charge in [0.25, 0.3) is 0 Å². The van der Waals surface area contributed by atoms with Crippen LogP contribution in [0.25, 0.3) is 47.0 Å². The van der Waals surface area contributed by atoms with Crippen molar-refractivity contribution in [3.63, 3.8) is 0 Å². The molecule has 4 heteroatoms. The lowest BCUT2D eigenvalue weighted by atomic mass is 9.94. The Hall–Kier alpha value is -3.08. The monoisotopic (exact) mass is 504 g/mol. The molecular weight excluding hydrogens is 477 g/mol. The quantitative estimate of drug-likeness (QED) is 0.233. The lowest BCUT2D eigenvalue weighted by molar-refractivity contribution is 0.872. The molecule has 0 aliphatic carbocycles. The summed E-state index contributed by atoms with van der Waals surface area (Å²) in [6.45, 7) is 8.95. The first-order valence-electron chi connectivity index (χ1n) is 12.8. The number of benzene rings is 3. The van der Waals surface area contributed by atoms with Gasteiger partial charge >= 0.3 is 0 Å². The summed E-state index contributed by atoms with van der Waals surface area (Å²) in [6.07, 6.45) is 4.00. The van der Waals surface area contributed by atoms with Crippen LogP contribution in [0.5, 0.6) is 0 Å². The number of thiophene rings is 2. The van der Waals surface area contributed by atoms with Gasteiger partial charge in [-0.2, -0.15) is 0 Å². The van der Waals surface area contributed by atoms with E-state index in [0.29, 0.717) is 11.8 Å². The van der Waals surface area contributed by atoms with Crippen molar-refractivity contribution in [2.24, 2.45) is 21.8 Å². The molecule has 0 fully saturated rings. The number of allylic oxidation sites excluding steroid dienone is 1. The van der Waals surface area contributed by atoms with E-state index in [9.17, 15) is 0 Å². The van der Waals surface area contributed by atoms with Gasteiger partial charge in [0, 0.05) is 55.5 Å². The Kier molecular flexibility index (Phi) is 5.06. The molecule has 0 radical (unpaired) electrons. The Bertz CT molecular complexity index is 1790. The highest BCUT2D eigenvalue weighted by Gasteiger charge is 2.24. The van der Waals surface area contributed by atoms with Crippen molar-refractivity contribution >= 4 is 76.3 Å². The molecule has 4 heterocycles. The second-order valence-electron chi connectivity index (χ2n) is 10.7. The summed E-state index contributed by atoms with van der Waals surface area (Å²) < 4.78 is 2.70. The van der Waals surface area contributed by atoms with E-state index in [1.165, 1.54) is 75.2 Å². The maximum absolute atomic E-state index is 5.08. The maximum atomic E-state index is 5.08. The molecule has 36 heavy (non-hydrogen) atoms. The van der Waals surface area contributed by atoms with Crippen LogP contribution in [0.3, 0.4) is 0 Å². The van der Waals surface area contributed by atoms with Crippen molar-refractivity contribution in [1.82, 2.24) is 0 Å². The van der Waals surface area contributed by atoms with Crippen LogP contribution in [0.15, 0.2) is 70.1 Å². The molecule has 0 saturated heterocycles. The third kappa shape index (κ3) is 3.42. The van der Waals surface area contributed by atoms with E-state index in [4.69, 9.17) is 4.99 Å². The first-order chi connectivity index (χ1) is 17.5. The van der Waals surface area contributed by atoms with E-state index < -0.39 is 0 Å². The zero-order valence-corrected chi connectivity index (χ0v) is 22.7. The zero-order chi connectivity index (χ0) is 24.6. The van der Waals surface area contributed by atoms with E-state index in [2.05, 4.69) is 92.8 Å². The fraction of sp³-hybridized carbons (Fsp3) is 0.250. The van der Waals surface area contributed by atoms with Gasteiger partial charge in [-0.15, -0.1) is 22.7 Å². The average molecular weight is 505 g/mol. The summed E-state index contributed by atoms with van der Waals surface area (Å²) in [4.78, 5) is 11.1. The second kappa shape index (κ2) is 8.22. The highest BCUT2D eigenvalue weighted by Crippen LogP contribution is 2.46. The molecule has 5 aromatic rings. The molecule has 0 bridgehead atoms. The maximum Gasteiger partial charge on any atom is 0.0758 e. The van der Waals surface area contributed by atoms with E-state index in [-0.39, 0.29) is 0 Å². The Morgan fingerprint density at radius 1 is 0.778 bits per heavy atom. The molecule has 2 aliphatic heterocycles. The highest BCUT2D eigenvalue weighted by molar-refractivity contribution is 7.22. The van der Waals surface area contributed by atoms with E-state index in [1.54, 1.807) is 0 Å². The number of hydrogen-bond donors (Lipinski definition) is 0. The van der Waals surface area contributed by atoms with Crippen molar-refractivity contribution in [2.45, 2.75) is 40.5 Å². The van der Waals surface area contributed by atoms with Crippen molar-refractivity contribution < 1.29 is 0 Å². The normalized spacial score (nSPS) is 15.4. The first-order valence-corrected chi connectivity index (χ1v) is 14.5. The number of aliphatic imine (C=N–C) groups is 2. The average Bonchev–Trinajstić information content (AvgIpc) is 3.66. The predicted molar refractivity (Wildman–Crippen MR) is 161 cm³/mol. The van der Waals surface area contributed by atoms with Gasteiger partial charge in [-0.1, -0.05) is 52.0 Å². The Morgan fingerprint density at radius 3 is 2.42 bits per heavy atom. The van der Waals surface area contributed by atoms with E-state index >= 15 is 0 Å². The summed E-state index contributed by atoms with van der Waals surface area (Å²) in [7, 11) is 0. The standard InChI is InChI=1S/C32H28N2S2/c1-17(2)27-12-22(16-33-27)19-5-6-21-14-30(36-29(21)13-19)20-7-8-23-25-15-28(18(3)4)34-31(25)24-9-10-35-32(24)26(23)11-20/h5-11,13-14,16-18H,12,15H2,1-4H3. The SMILES string of the molecule is CC(C)C1=NC=C(c2ccc3cc(-c4ccc5c6c(c7ccsc7c5c4)N=C(C(C)C)C6)sc3c2)C1. The minimum atomic E-state index is 0.479. The third-order valence-corrected chi connectivity index (χ3v) is 9.77. The largest absolute Gasteiger partial charge is 0.265 e. The van der Waals surface area contributed by atoms with Crippen molar-refractivity contribution in [1.29, 1.82) is 0 Å². The number of rotatable bonds is 4. The molecular formula is C32H28N2S2. The lowest BCUT2D eigenvalue weighted by Gasteiger charge is -2.09. The summed E-state index contributed by atoms with van der Waals surface area (Å²) in [5, 5.41) is 7.56. The van der Waals surface area contributed by atoms with E-state index in [0.717, 1.165) is 12.8 Å². The second-order valence-corrected chi connectivity index (χ2v) is 12.7. The van der Waals surface area contributed by atoms with Gasteiger partial charge in [-0.05, 0) is 74.5 Å². The summed E-state index contributed by atoms with van der Waals surface area (Å²) in [5.74, 6) is 0.982. The minimum Gasteiger partial charge on any atom is -0.265 e. The Morgan fingerprint density at radius 2 is 1.61 bits per heavy atom. The van der Waals surface area contributed by atoms with Crippen LogP contribution < -0.4 is 0 Å². The fourth-order valence-electron chi connectivity index (χ4n) is 5.50. The van der Waals surface area contributed by atoms with Gasteiger partial charge in [0.15, 0.2) is 0 Å². The van der Waals surface area contributed by atoms with Gasteiger partial charge in [0.2, 0.25) is 0 Å². The van der Waals surface area contributed by atoms with Crippen LogP contribution in [-0.2, 0) is 6.42 Å². The smallest absolute Gasteiger partial charge is 0.0758 e. The molecule has 0 N–H and O–H groups in total. The third-order valence-electron chi connectivity index (χ3n) is 7.67. The molecule has 7 rings (SSSR count). The topological polar surface area (TPSA) is 24.7 Å². The van der Waals surface area contributed by atoms with Crippen LogP contribution in [0, 0.1) is 11.8 Å². The zero-order valence-electron chi connectivity index (χ0n) is 21.1. The summed E-state index contributed by atoms with van der Waals surface area (Å²) in [5.41, 5.74) is 9.12. The van der Waals surface area contributed by atoms with Crippen LogP contribution in [0.2, 0.25) is 0 Å². The molecule has 0 atom stereocenters. The van der Waals surface area contributed by atoms with Gasteiger partial charge in [0.05, 0.1) is 5.69 Å². The highest BCUT2D eigenvalue weighted by atomic mass is 32.1. The molecule has 2 aliphatic rings.